The van der Waals surface area contributed by atoms with Crippen molar-refractivity contribution in [3.05, 3.63) is 56.9 Å². The van der Waals surface area contributed by atoms with Crippen molar-refractivity contribution >= 4 is 28.0 Å². The molecule has 1 aromatic carbocycles. The predicted molar refractivity (Wildman–Crippen MR) is 87.5 cm³/mol. The van der Waals surface area contributed by atoms with E-state index in [9.17, 15) is 4.79 Å². The highest BCUT2D eigenvalue weighted by atomic mass is 32.1. The molecule has 0 unspecified atom stereocenters. The molecule has 0 radical (unpaired) electrons. The number of aromatic nitrogens is 1. The van der Waals surface area contributed by atoms with Crippen LogP contribution in [0.1, 0.15) is 44.6 Å². The van der Waals surface area contributed by atoms with E-state index < -0.39 is 0 Å². The van der Waals surface area contributed by atoms with E-state index in [1.807, 2.05) is 18.3 Å². The van der Waals surface area contributed by atoms with Gasteiger partial charge in [0.15, 0.2) is 0 Å². The molecular formula is C18H17NOS. The highest BCUT2D eigenvalue weighted by Crippen LogP contribution is 2.33. The van der Waals surface area contributed by atoms with Crippen molar-refractivity contribution in [3.63, 3.8) is 0 Å². The molecule has 2 aromatic heterocycles. The normalized spacial score (nSPS) is 13.8. The van der Waals surface area contributed by atoms with Crippen LogP contribution in [-0.4, -0.2) is 10.8 Å². The van der Waals surface area contributed by atoms with Gasteiger partial charge in [0.25, 0.3) is 0 Å². The lowest BCUT2D eigenvalue weighted by Gasteiger charge is -2.00. The molecule has 0 atom stereocenters. The number of carbonyl (C=O) groups is 1. The number of para-hydroxylation sites is 1. The molecule has 4 rings (SSSR count). The minimum atomic E-state index is 0.161. The summed E-state index contributed by atoms with van der Waals surface area (Å²) in [6, 6.07) is 8.31. The fourth-order valence-corrected chi connectivity index (χ4v) is 4.48. The molecule has 2 nitrogen and oxygen atoms in total. The Balaban J connectivity index is 1.80. The summed E-state index contributed by atoms with van der Waals surface area (Å²) in [5.41, 5.74) is 4.56. The van der Waals surface area contributed by atoms with Gasteiger partial charge in [-0.2, -0.15) is 0 Å². The molecule has 0 saturated heterocycles. The molecule has 1 aliphatic rings. The first kappa shape index (κ1) is 12.8. The number of H-pyrrole nitrogens is 1. The van der Waals surface area contributed by atoms with Gasteiger partial charge in [-0.05, 0) is 42.9 Å². The average molecular weight is 295 g/mol. The van der Waals surface area contributed by atoms with Crippen LogP contribution in [0.5, 0.6) is 0 Å². The van der Waals surface area contributed by atoms with Crippen molar-refractivity contribution in [2.45, 2.75) is 32.6 Å². The molecule has 3 heteroatoms. The maximum atomic E-state index is 12.8. The summed E-state index contributed by atoms with van der Waals surface area (Å²) in [7, 11) is 0. The molecule has 106 valence electrons. The highest BCUT2D eigenvalue weighted by molar-refractivity contribution is 7.14. The molecule has 0 bridgehead atoms. The minimum Gasteiger partial charge on any atom is -0.360 e. The Hall–Kier alpha value is -1.87. The average Bonchev–Trinajstić information content (AvgIpc) is 3.19. The Labute approximate surface area is 127 Å². The van der Waals surface area contributed by atoms with Crippen molar-refractivity contribution in [3.8, 4) is 0 Å². The van der Waals surface area contributed by atoms with Gasteiger partial charge in [-0.15, -0.1) is 11.3 Å². The third-order valence-corrected chi connectivity index (χ3v) is 5.63. The third-order valence-electron chi connectivity index (χ3n) is 4.40. The van der Waals surface area contributed by atoms with Crippen molar-refractivity contribution in [1.29, 1.82) is 0 Å². The molecule has 1 N–H and O–H groups in total. The predicted octanol–water partition coefficient (Wildman–Crippen LogP) is 4.51. The van der Waals surface area contributed by atoms with E-state index in [1.54, 1.807) is 11.3 Å². The van der Waals surface area contributed by atoms with Crippen molar-refractivity contribution in [2.75, 3.05) is 0 Å². The summed E-state index contributed by atoms with van der Waals surface area (Å²) in [5.74, 6) is 0.161. The summed E-state index contributed by atoms with van der Waals surface area (Å²) >= 11 is 1.68. The molecule has 2 heterocycles. The molecule has 0 aliphatic heterocycles. The standard InChI is InChI=1S/C18H17NOS/c1-2-11-5-3-7-13-14(10-19-17(11)13)18(20)16-9-12-6-4-8-15(12)21-16/h3,5,7,9-10,19H,2,4,6,8H2,1H3. The molecule has 0 spiro atoms. The fraction of sp³-hybridized carbons (Fsp3) is 0.278. The second-order valence-corrected chi connectivity index (χ2v) is 6.77. The second-order valence-electron chi connectivity index (χ2n) is 5.64. The molecule has 0 amide bonds. The van der Waals surface area contributed by atoms with Gasteiger partial charge < -0.3 is 4.98 Å². The number of rotatable bonds is 3. The van der Waals surface area contributed by atoms with E-state index in [4.69, 9.17) is 0 Å². The van der Waals surface area contributed by atoms with E-state index in [-0.39, 0.29) is 5.78 Å². The number of aromatic amines is 1. The summed E-state index contributed by atoms with van der Waals surface area (Å²) < 4.78 is 0. The van der Waals surface area contributed by atoms with Crippen molar-refractivity contribution in [2.24, 2.45) is 0 Å². The zero-order valence-electron chi connectivity index (χ0n) is 12.0. The topological polar surface area (TPSA) is 32.9 Å². The lowest BCUT2D eigenvalue weighted by atomic mass is 10.0. The lowest BCUT2D eigenvalue weighted by Crippen LogP contribution is -1.97. The number of ketones is 1. The van der Waals surface area contributed by atoms with E-state index in [2.05, 4.69) is 24.0 Å². The molecule has 21 heavy (non-hydrogen) atoms. The first-order valence-electron chi connectivity index (χ1n) is 7.53. The number of aryl methyl sites for hydroxylation is 3. The lowest BCUT2D eigenvalue weighted by molar-refractivity contribution is 0.104. The van der Waals surface area contributed by atoms with Crippen LogP contribution in [0.25, 0.3) is 10.9 Å². The maximum Gasteiger partial charge on any atom is 0.205 e. The number of fused-ring (bicyclic) bond motifs is 2. The number of benzene rings is 1. The maximum absolute atomic E-state index is 12.8. The zero-order valence-corrected chi connectivity index (χ0v) is 12.8. The van der Waals surface area contributed by atoms with Gasteiger partial charge in [-0.3, -0.25) is 4.79 Å². The summed E-state index contributed by atoms with van der Waals surface area (Å²) in [6.45, 7) is 2.14. The van der Waals surface area contributed by atoms with E-state index >= 15 is 0 Å². The number of hydrogen-bond acceptors (Lipinski definition) is 2. The van der Waals surface area contributed by atoms with Crippen LogP contribution in [0.3, 0.4) is 0 Å². The van der Waals surface area contributed by atoms with Gasteiger partial charge in [0.05, 0.1) is 4.88 Å². The molecule has 0 saturated carbocycles. The number of hydrogen-bond donors (Lipinski definition) is 1. The van der Waals surface area contributed by atoms with Gasteiger partial charge >= 0.3 is 0 Å². The van der Waals surface area contributed by atoms with Gasteiger partial charge in [0, 0.05) is 27.5 Å². The SMILES string of the molecule is CCc1cccc2c(C(=O)c3cc4c(s3)CCC4)c[nH]c12. The smallest absolute Gasteiger partial charge is 0.205 e. The van der Waals surface area contributed by atoms with Gasteiger partial charge in [0.1, 0.15) is 0 Å². The summed E-state index contributed by atoms with van der Waals surface area (Å²) in [4.78, 5) is 18.4. The van der Waals surface area contributed by atoms with E-state index in [0.29, 0.717) is 0 Å². The third kappa shape index (κ3) is 1.95. The summed E-state index contributed by atoms with van der Waals surface area (Å²) in [5, 5.41) is 1.05. The van der Waals surface area contributed by atoms with Crippen LogP contribution >= 0.6 is 11.3 Å². The Bertz CT molecular complexity index is 819. The van der Waals surface area contributed by atoms with Crippen LogP contribution in [0.2, 0.25) is 0 Å². The van der Waals surface area contributed by atoms with Crippen LogP contribution in [0, 0.1) is 0 Å². The van der Waals surface area contributed by atoms with Gasteiger partial charge in [0.2, 0.25) is 5.78 Å². The monoisotopic (exact) mass is 295 g/mol. The van der Waals surface area contributed by atoms with Crippen LogP contribution < -0.4 is 0 Å². The molecular weight excluding hydrogens is 278 g/mol. The first-order chi connectivity index (χ1) is 10.3. The Morgan fingerprint density at radius 2 is 2.24 bits per heavy atom. The Kier molecular flexibility index (Phi) is 2.96. The largest absolute Gasteiger partial charge is 0.360 e. The second kappa shape index (κ2) is 4.85. The van der Waals surface area contributed by atoms with E-state index in [1.165, 1.54) is 22.4 Å². The van der Waals surface area contributed by atoms with Crippen LogP contribution in [0.4, 0.5) is 0 Å². The van der Waals surface area contributed by atoms with Crippen LogP contribution in [0.15, 0.2) is 30.5 Å². The van der Waals surface area contributed by atoms with Gasteiger partial charge in [-0.1, -0.05) is 25.1 Å². The van der Waals surface area contributed by atoms with Crippen molar-refractivity contribution < 1.29 is 4.79 Å². The number of nitrogens with one attached hydrogen (secondary N) is 1. The molecule has 0 fully saturated rings. The van der Waals surface area contributed by atoms with Crippen LogP contribution in [-0.2, 0) is 19.3 Å². The molecule has 3 aromatic rings. The Morgan fingerprint density at radius 3 is 3.05 bits per heavy atom. The number of thiophene rings is 1. The fourth-order valence-electron chi connectivity index (χ4n) is 3.27. The summed E-state index contributed by atoms with van der Waals surface area (Å²) in [6.07, 6.45) is 6.35. The Morgan fingerprint density at radius 1 is 1.33 bits per heavy atom. The number of carbonyl (C=O) groups excluding carboxylic acids is 1. The van der Waals surface area contributed by atoms with E-state index in [0.717, 1.165) is 40.6 Å². The zero-order chi connectivity index (χ0) is 14.4. The highest BCUT2D eigenvalue weighted by Gasteiger charge is 2.21. The van der Waals surface area contributed by atoms with Gasteiger partial charge in [-0.25, -0.2) is 0 Å². The quantitative estimate of drug-likeness (QED) is 0.708. The first-order valence-corrected chi connectivity index (χ1v) is 8.35. The molecule has 1 aliphatic carbocycles. The minimum absolute atomic E-state index is 0.161. The van der Waals surface area contributed by atoms with Crippen molar-refractivity contribution in [1.82, 2.24) is 4.98 Å².